The van der Waals surface area contributed by atoms with Crippen molar-refractivity contribution in [3.05, 3.63) is 51.1 Å². The van der Waals surface area contributed by atoms with E-state index in [-0.39, 0.29) is 11.1 Å². The third-order valence-electron chi connectivity index (χ3n) is 4.25. The second-order valence-electron chi connectivity index (χ2n) is 6.12. The van der Waals surface area contributed by atoms with E-state index in [1.54, 1.807) is 28.0 Å². The highest BCUT2D eigenvalue weighted by molar-refractivity contribution is 6.42. The number of piperazine rings is 1. The minimum atomic E-state index is -4.47. The molecule has 0 radical (unpaired) electrons. The Morgan fingerprint density at radius 3 is 2.25 bits per heavy atom. The van der Waals surface area contributed by atoms with Crippen LogP contribution >= 0.6 is 34.8 Å². The molecule has 3 rings (SSSR count). The van der Waals surface area contributed by atoms with Crippen molar-refractivity contribution >= 4 is 52.3 Å². The van der Waals surface area contributed by atoms with Crippen molar-refractivity contribution in [3.8, 4) is 0 Å². The van der Waals surface area contributed by atoms with E-state index >= 15 is 0 Å². The number of H-pyrrole nitrogens is 1. The summed E-state index contributed by atoms with van der Waals surface area (Å²) in [6.45, 7) is 1.57. The first kappa shape index (κ1) is 20.8. The zero-order valence-electron chi connectivity index (χ0n) is 14.3. The highest BCUT2D eigenvalue weighted by Crippen LogP contribution is 2.32. The highest BCUT2D eigenvalue weighted by atomic mass is 35.5. The Balaban J connectivity index is 1.61. The predicted molar refractivity (Wildman–Crippen MR) is 102 cm³/mol. The van der Waals surface area contributed by atoms with Crippen molar-refractivity contribution in [1.29, 1.82) is 0 Å². The number of rotatable bonds is 2. The number of pyridine rings is 1. The van der Waals surface area contributed by atoms with Gasteiger partial charge in [-0.3, -0.25) is 4.90 Å². The molecule has 0 atom stereocenters. The fraction of sp³-hybridized carbons (Fsp3) is 0.294. The van der Waals surface area contributed by atoms with E-state index < -0.39 is 11.7 Å². The average molecular weight is 455 g/mol. The molecule has 2 heterocycles. The van der Waals surface area contributed by atoms with Gasteiger partial charge in [-0.15, -0.1) is 0 Å². The lowest BCUT2D eigenvalue weighted by Gasteiger charge is -2.31. The van der Waals surface area contributed by atoms with Gasteiger partial charge in [0, 0.05) is 5.69 Å². The van der Waals surface area contributed by atoms with Gasteiger partial charge in [-0.05, 0) is 24.3 Å². The number of alkyl halides is 3. The molecule has 0 saturated carbocycles. The van der Waals surface area contributed by atoms with E-state index in [2.05, 4.69) is 10.3 Å². The molecule has 1 aliphatic rings. The monoisotopic (exact) mass is 453 g/mol. The summed E-state index contributed by atoms with van der Waals surface area (Å²) in [4.78, 5) is 18.4. The second-order valence-corrected chi connectivity index (χ2v) is 7.34. The van der Waals surface area contributed by atoms with Gasteiger partial charge in [0.25, 0.3) is 5.82 Å². The first-order chi connectivity index (χ1) is 13.1. The molecule has 0 unspecified atom stereocenters. The number of anilines is 2. The molecule has 0 bridgehead atoms. The number of hydrogen-bond acceptors (Lipinski definition) is 2. The number of urea groups is 1. The van der Waals surface area contributed by atoms with Crippen LogP contribution in [0.3, 0.4) is 0 Å². The molecule has 1 aliphatic heterocycles. The van der Waals surface area contributed by atoms with Crippen LogP contribution < -0.4 is 15.2 Å². The van der Waals surface area contributed by atoms with Crippen LogP contribution in [0.25, 0.3) is 0 Å². The second kappa shape index (κ2) is 8.23. The molecule has 5 nitrogen and oxygen atoms in total. The molecule has 11 heteroatoms. The van der Waals surface area contributed by atoms with Crippen molar-refractivity contribution in [2.24, 2.45) is 0 Å². The van der Waals surface area contributed by atoms with Crippen molar-refractivity contribution in [3.63, 3.8) is 0 Å². The van der Waals surface area contributed by atoms with E-state index in [4.69, 9.17) is 34.8 Å². The Labute approximate surface area is 174 Å². The molecule has 2 N–H and O–H groups in total. The topological polar surface area (TPSA) is 49.7 Å². The number of halogens is 6. The van der Waals surface area contributed by atoms with Crippen molar-refractivity contribution in [2.75, 3.05) is 36.4 Å². The van der Waals surface area contributed by atoms with Crippen LogP contribution in [0.2, 0.25) is 15.1 Å². The number of nitrogens with one attached hydrogen (secondary N) is 2. The lowest BCUT2D eigenvalue weighted by molar-refractivity contribution is -0.367. The number of carbonyl (C=O) groups is 1. The van der Waals surface area contributed by atoms with E-state index in [9.17, 15) is 18.0 Å². The first-order valence-electron chi connectivity index (χ1n) is 8.19. The minimum Gasteiger partial charge on any atom is -0.317 e. The van der Waals surface area contributed by atoms with Crippen molar-refractivity contribution < 1.29 is 22.9 Å². The first-order valence-corrected chi connectivity index (χ1v) is 9.33. The van der Waals surface area contributed by atoms with Gasteiger partial charge in [0.2, 0.25) is 0 Å². The van der Waals surface area contributed by atoms with E-state index in [0.717, 1.165) is 12.3 Å². The van der Waals surface area contributed by atoms with E-state index in [0.29, 0.717) is 47.7 Å². The van der Waals surface area contributed by atoms with Gasteiger partial charge in [0.05, 0.1) is 28.7 Å². The molecule has 1 aromatic heterocycles. The normalized spacial score (nSPS) is 14.9. The van der Waals surface area contributed by atoms with E-state index in [1.807, 2.05) is 0 Å². The fourth-order valence-corrected chi connectivity index (χ4v) is 3.37. The van der Waals surface area contributed by atoms with Crippen LogP contribution in [0.1, 0.15) is 5.56 Å². The number of aromatic nitrogens is 1. The molecule has 1 fully saturated rings. The molecule has 1 aromatic carbocycles. The number of nitrogens with zero attached hydrogens (tertiary/aromatic N) is 2. The van der Waals surface area contributed by atoms with Gasteiger partial charge in [0.15, 0.2) is 0 Å². The zero-order valence-corrected chi connectivity index (χ0v) is 16.6. The molecule has 28 heavy (non-hydrogen) atoms. The van der Waals surface area contributed by atoms with Crippen LogP contribution in [-0.2, 0) is 6.18 Å². The standard InChI is InChI=1S/C17H14Cl3F3N4O/c18-12-2-1-11(8-13(12)19)25-16(28)27-5-3-26(4-6-27)15-14(20)7-10(9-24-15)17(21,22)23/h1-2,7-9H,3-6H2,(H,25,28)/p+1. The highest BCUT2D eigenvalue weighted by Gasteiger charge is 2.34. The summed E-state index contributed by atoms with van der Waals surface area (Å²) in [6, 6.07) is 5.35. The summed E-state index contributed by atoms with van der Waals surface area (Å²) >= 11 is 17.8. The molecule has 2 aromatic rings. The Hall–Kier alpha value is -1.90. The summed E-state index contributed by atoms with van der Waals surface area (Å²) in [5.41, 5.74) is -0.332. The van der Waals surface area contributed by atoms with Gasteiger partial charge >= 0.3 is 12.2 Å². The van der Waals surface area contributed by atoms with Gasteiger partial charge in [0.1, 0.15) is 24.3 Å². The maximum atomic E-state index is 12.7. The SMILES string of the molecule is O=C(Nc1ccc(Cl)c(Cl)c1)N1CCN(c2[nH+]cc(C(F)(F)F)cc2Cl)CC1. The average Bonchev–Trinajstić information content (AvgIpc) is 2.64. The molecular weight excluding hydrogens is 440 g/mol. The van der Waals surface area contributed by atoms with Crippen LogP contribution in [0.5, 0.6) is 0 Å². The van der Waals surface area contributed by atoms with Gasteiger partial charge in [-0.2, -0.15) is 13.2 Å². The Bertz CT molecular complexity index is 886. The summed E-state index contributed by atoms with van der Waals surface area (Å²) < 4.78 is 38.2. The number of amides is 2. The molecule has 0 spiro atoms. The van der Waals surface area contributed by atoms with Crippen LogP contribution in [0, 0.1) is 0 Å². The van der Waals surface area contributed by atoms with Gasteiger partial charge in [-0.25, -0.2) is 9.78 Å². The Kier molecular flexibility index (Phi) is 6.12. The maximum absolute atomic E-state index is 12.7. The lowest BCUT2D eigenvalue weighted by atomic mass is 10.2. The maximum Gasteiger partial charge on any atom is 0.419 e. The molecule has 2 amide bonds. The third kappa shape index (κ3) is 4.74. The summed E-state index contributed by atoms with van der Waals surface area (Å²) in [6.07, 6.45) is -3.59. The third-order valence-corrected chi connectivity index (χ3v) is 5.28. The minimum absolute atomic E-state index is 0.0245. The van der Waals surface area contributed by atoms with Gasteiger partial charge in [-0.1, -0.05) is 34.8 Å². The number of benzene rings is 1. The van der Waals surface area contributed by atoms with Crippen molar-refractivity contribution in [2.45, 2.75) is 6.18 Å². The summed E-state index contributed by atoms with van der Waals surface area (Å²) in [5.74, 6) is 0.388. The van der Waals surface area contributed by atoms with Crippen LogP contribution in [0.4, 0.5) is 29.5 Å². The smallest absolute Gasteiger partial charge is 0.317 e. The van der Waals surface area contributed by atoms with Crippen LogP contribution in [-0.4, -0.2) is 37.1 Å². The van der Waals surface area contributed by atoms with Gasteiger partial charge < -0.3 is 10.2 Å². The summed E-state index contributed by atoms with van der Waals surface area (Å²) in [5, 5.41) is 3.43. The Morgan fingerprint density at radius 1 is 1.00 bits per heavy atom. The fourth-order valence-electron chi connectivity index (χ4n) is 2.78. The molecular formula is C17H15Cl3F3N4O+. The summed E-state index contributed by atoms with van der Waals surface area (Å²) in [7, 11) is 0. The number of hydrogen-bond donors (Lipinski definition) is 1. The predicted octanol–water partition coefficient (Wildman–Crippen LogP) is 4.83. The Morgan fingerprint density at radius 2 is 1.68 bits per heavy atom. The van der Waals surface area contributed by atoms with Crippen LogP contribution in [0.15, 0.2) is 30.5 Å². The largest absolute Gasteiger partial charge is 0.419 e. The molecule has 1 saturated heterocycles. The zero-order chi connectivity index (χ0) is 20.5. The quantitative estimate of drug-likeness (QED) is 0.706. The number of aromatic amines is 1. The lowest BCUT2D eigenvalue weighted by Crippen LogP contribution is -2.51. The molecule has 0 aliphatic carbocycles. The van der Waals surface area contributed by atoms with Crippen molar-refractivity contribution in [1.82, 2.24) is 4.90 Å². The molecule has 150 valence electrons. The number of carbonyl (C=O) groups excluding carboxylic acids is 1. The van der Waals surface area contributed by atoms with E-state index in [1.165, 1.54) is 0 Å².